The lowest BCUT2D eigenvalue weighted by Gasteiger charge is -2.09. The molecule has 0 unspecified atom stereocenters. The predicted molar refractivity (Wildman–Crippen MR) is 104 cm³/mol. The number of aromatic nitrogens is 1. The molecule has 0 bridgehead atoms. The largest absolute Gasteiger partial charge is 0.378 e. The first-order chi connectivity index (χ1) is 12.7. The molecule has 0 aliphatic carbocycles. The minimum absolute atomic E-state index is 0.250. The monoisotopic (exact) mass is 356 g/mol. The summed E-state index contributed by atoms with van der Waals surface area (Å²) in [6.45, 7) is 0. The zero-order valence-corrected chi connectivity index (χ0v) is 14.3. The number of nitriles is 1. The Morgan fingerprint density at radius 2 is 1.96 bits per heavy atom. The van der Waals surface area contributed by atoms with Gasteiger partial charge in [-0.25, -0.2) is 0 Å². The molecule has 1 aromatic heterocycles. The molecule has 0 spiro atoms. The topological polar surface area (TPSA) is 92.1 Å². The second-order valence-electron chi connectivity index (χ2n) is 5.67. The van der Waals surface area contributed by atoms with Crippen LogP contribution < -0.4 is 5.73 Å². The first-order valence-corrected chi connectivity index (χ1v) is 8.63. The summed E-state index contributed by atoms with van der Waals surface area (Å²) in [6.07, 6.45) is 3.34. The number of pyridine rings is 1. The minimum Gasteiger partial charge on any atom is -0.378 e. The van der Waals surface area contributed by atoms with Gasteiger partial charge in [-0.05, 0) is 41.1 Å². The number of amidine groups is 1. The second kappa shape index (κ2) is 6.47. The Hall–Kier alpha value is -3.43. The van der Waals surface area contributed by atoms with Gasteiger partial charge in [-0.2, -0.15) is 10.3 Å². The molecule has 2 N–H and O–H groups in total. The number of hydrogen-bond acceptors (Lipinski definition) is 5. The summed E-state index contributed by atoms with van der Waals surface area (Å²) < 4.78 is 0. The molecule has 3 aromatic rings. The van der Waals surface area contributed by atoms with Crippen LogP contribution in [0.2, 0.25) is 0 Å². The van der Waals surface area contributed by atoms with Crippen LogP contribution in [-0.4, -0.2) is 16.1 Å². The fourth-order valence-corrected chi connectivity index (χ4v) is 3.56. The number of carbonyl (C=O) groups excluding carboxylic acids is 1. The van der Waals surface area contributed by atoms with Crippen molar-refractivity contribution in [2.75, 3.05) is 0 Å². The van der Waals surface area contributed by atoms with E-state index in [1.807, 2.05) is 48.5 Å². The Balaban J connectivity index is 1.92. The van der Waals surface area contributed by atoms with Gasteiger partial charge in [0.25, 0.3) is 5.91 Å². The van der Waals surface area contributed by atoms with E-state index in [0.29, 0.717) is 10.5 Å². The zero-order chi connectivity index (χ0) is 18.1. The molecular weight excluding hydrogens is 344 g/mol. The van der Waals surface area contributed by atoms with Crippen molar-refractivity contribution in [3.05, 3.63) is 70.8 Å². The van der Waals surface area contributed by atoms with E-state index in [4.69, 9.17) is 5.73 Å². The number of aliphatic imine (C=N–C) groups is 1. The Labute approximate surface area is 153 Å². The molecule has 6 heteroatoms. The summed E-state index contributed by atoms with van der Waals surface area (Å²) in [5.41, 5.74) is 9.50. The number of hydrogen-bond donors (Lipinski definition) is 1. The molecule has 0 atom stereocenters. The van der Waals surface area contributed by atoms with Gasteiger partial charge in [0.2, 0.25) is 0 Å². The van der Waals surface area contributed by atoms with Crippen LogP contribution in [0.4, 0.5) is 0 Å². The highest BCUT2D eigenvalue weighted by Gasteiger charge is 2.19. The number of rotatable bonds is 2. The SMILES string of the molecule is N#Cc1cnc2ccc(C=C3SC(N)=NC3=O)cc2c1-c1ccccc1. The van der Waals surface area contributed by atoms with Crippen molar-refractivity contribution in [1.82, 2.24) is 4.98 Å². The summed E-state index contributed by atoms with van der Waals surface area (Å²) in [5, 5.41) is 10.6. The number of benzene rings is 2. The second-order valence-corrected chi connectivity index (χ2v) is 6.73. The summed E-state index contributed by atoms with van der Waals surface area (Å²) in [4.78, 5) is 20.4. The highest BCUT2D eigenvalue weighted by atomic mass is 32.2. The lowest BCUT2D eigenvalue weighted by atomic mass is 9.96. The van der Waals surface area contributed by atoms with Crippen LogP contribution in [0, 0.1) is 11.3 Å². The van der Waals surface area contributed by atoms with Gasteiger partial charge in [-0.15, -0.1) is 0 Å². The van der Waals surface area contributed by atoms with Gasteiger partial charge in [0, 0.05) is 17.1 Å². The van der Waals surface area contributed by atoms with Gasteiger partial charge in [-0.1, -0.05) is 36.4 Å². The van der Waals surface area contributed by atoms with E-state index in [0.717, 1.165) is 39.4 Å². The molecule has 2 heterocycles. The molecule has 124 valence electrons. The molecule has 4 rings (SSSR count). The maximum atomic E-state index is 11.8. The van der Waals surface area contributed by atoms with Crippen LogP contribution in [-0.2, 0) is 4.79 Å². The minimum atomic E-state index is -0.334. The maximum absolute atomic E-state index is 11.8. The van der Waals surface area contributed by atoms with Crippen LogP contribution in [0.3, 0.4) is 0 Å². The van der Waals surface area contributed by atoms with Gasteiger partial charge < -0.3 is 5.73 Å². The van der Waals surface area contributed by atoms with Crippen molar-refractivity contribution < 1.29 is 4.79 Å². The molecule has 0 radical (unpaired) electrons. The third-order valence-electron chi connectivity index (χ3n) is 4.01. The summed E-state index contributed by atoms with van der Waals surface area (Å²) in [5.74, 6) is -0.334. The van der Waals surface area contributed by atoms with Crippen molar-refractivity contribution in [1.29, 1.82) is 5.26 Å². The van der Waals surface area contributed by atoms with Gasteiger partial charge in [-0.3, -0.25) is 9.78 Å². The lowest BCUT2D eigenvalue weighted by molar-refractivity contribution is -0.113. The van der Waals surface area contributed by atoms with Gasteiger partial charge in [0.1, 0.15) is 6.07 Å². The van der Waals surface area contributed by atoms with E-state index in [-0.39, 0.29) is 11.1 Å². The molecule has 26 heavy (non-hydrogen) atoms. The lowest BCUT2D eigenvalue weighted by Crippen LogP contribution is -2.01. The van der Waals surface area contributed by atoms with Crippen LogP contribution in [0.5, 0.6) is 0 Å². The fourth-order valence-electron chi connectivity index (χ4n) is 2.88. The number of nitrogens with zero attached hydrogens (tertiary/aromatic N) is 3. The number of amides is 1. The molecule has 0 fully saturated rings. The Bertz CT molecular complexity index is 1140. The average Bonchev–Trinajstić information content (AvgIpc) is 2.98. The third-order valence-corrected chi connectivity index (χ3v) is 4.82. The van der Waals surface area contributed by atoms with Crippen molar-refractivity contribution in [2.45, 2.75) is 0 Å². The number of nitrogens with two attached hydrogens (primary N) is 1. The standard InChI is InChI=1S/C20H12N4OS/c21-10-14-11-23-16-7-6-12(9-17-19(25)24-20(22)26-17)8-15(16)18(14)13-4-2-1-3-5-13/h1-9,11H,(H2,22,24,25). The fraction of sp³-hybridized carbons (Fsp3) is 0. The van der Waals surface area contributed by atoms with E-state index in [9.17, 15) is 10.1 Å². The van der Waals surface area contributed by atoms with Crippen molar-refractivity contribution in [3.8, 4) is 17.2 Å². The van der Waals surface area contributed by atoms with Gasteiger partial charge in [0.05, 0.1) is 16.0 Å². The van der Waals surface area contributed by atoms with Gasteiger partial charge >= 0.3 is 0 Å². The first kappa shape index (κ1) is 16.1. The van der Waals surface area contributed by atoms with Crippen molar-refractivity contribution in [2.24, 2.45) is 10.7 Å². The molecule has 1 amide bonds. The van der Waals surface area contributed by atoms with Crippen LogP contribution >= 0.6 is 11.8 Å². The molecule has 1 aliphatic heterocycles. The van der Waals surface area contributed by atoms with E-state index >= 15 is 0 Å². The number of carbonyl (C=O) groups is 1. The highest BCUT2D eigenvalue weighted by Crippen LogP contribution is 2.33. The Kier molecular flexibility index (Phi) is 3.99. The molecule has 2 aromatic carbocycles. The van der Waals surface area contributed by atoms with Crippen molar-refractivity contribution in [3.63, 3.8) is 0 Å². The molecule has 0 saturated carbocycles. The average molecular weight is 356 g/mol. The highest BCUT2D eigenvalue weighted by molar-refractivity contribution is 8.18. The van der Waals surface area contributed by atoms with E-state index in [2.05, 4.69) is 16.0 Å². The molecule has 0 saturated heterocycles. The number of fused-ring (bicyclic) bond motifs is 1. The van der Waals surface area contributed by atoms with Crippen LogP contribution in [0.1, 0.15) is 11.1 Å². The molecule has 1 aliphatic rings. The summed E-state index contributed by atoms with van der Waals surface area (Å²) in [7, 11) is 0. The van der Waals surface area contributed by atoms with Gasteiger partial charge in [0.15, 0.2) is 5.17 Å². The Morgan fingerprint density at radius 1 is 1.15 bits per heavy atom. The summed E-state index contributed by atoms with van der Waals surface area (Å²) >= 11 is 1.15. The maximum Gasteiger partial charge on any atom is 0.286 e. The number of thioether (sulfide) groups is 1. The van der Waals surface area contributed by atoms with Crippen LogP contribution in [0.25, 0.3) is 28.1 Å². The van der Waals surface area contributed by atoms with Crippen LogP contribution in [0.15, 0.2) is 64.6 Å². The smallest absolute Gasteiger partial charge is 0.286 e. The molecule has 5 nitrogen and oxygen atoms in total. The Morgan fingerprint density at radius 3 is 2.65 bits per heavy atom. The van der Waals surface area contributed by atoms with E-state index in [1.165, 1.54) is 0 Å². The van der Waals surface area contributed by atoms with E-state index < -0.39 is 0 Å². The third kappa shape index (κ3) is 2.85. The normalized spacial score (nSPS) is 15.3. The predicted octanol–water partition coefficient (Wildman–Crippen LogP) is 3.70. The van der Waals surface area contributed by atoms with Crippen molar-refractivity contribution >= 4 is 39.8 Å². The first-order valence-electron chi connectivity index (χ1n) is 7.82. The molecular formula is C20H12N4OS. The summed E-state index contributed by atoms with van der Waals surface area (Å²) in [6, 6.07) is 17.6. The van der Waals surface area contributed by atoms with E-state index in [1.54, 1.807) is 12.3 Å². The quantitative estimate of drug-likeness (QED) is 0.707. The zero-order valence-electron chi connectivity index (χ0n) is 13.5.